The molecule has 0 aliphatic heterocycles. The summed E-state index contributed by atoms with van der Waals surface area (Å²) in [6.07, 6.45) is 2.66. The van der Waals surface area contributed by atoms with Crippen LogP contribution in [0.3, 0.4) is 0 Å². The first-order valence-corrected chi connectivity index (χ1v) is 7.84. The lowest BCUT2D eigenvalue weighted by Gasteiger charge is -2.07. The number of anilines is 1. The van der Waals surface area contributed by atoms with E-state index in [0.29, 0.717) is 13.0 Å². The summed E-state index contributed by atoms with van der Waals surface area (Å²) < 4.78 is 9.20. The first-order chi connectivity index (χ1) is 12.6. The van der Waals surface area contributed by atoms with Crippen LogP contribution in [0.25, 0.3) is 10.9 Å². The molecule has 0 fully saturated rings. The van der Waals surface area contributed by atoms with Gasteiger partial charge in [0.05, 0.1) is 14.2 Å². The largest absolute Gasteiger partial charge is 0.464 e. The van der Waals surface area contributed by atoms with E-state index in [4.69, 9.17) is 0 Å². The highest BCUT2D eigenvalue weighted by atomic mass is 16.5. The Hall–Kier alpha value is -3.49. The van der Waals surface area contributed by atoms with Crippen LogP contribution < -0.4 is 5.32 Å². The summed E-state index contributed by atoms with van der Waals surface area (Å²) in [4.78, 5) is 30.7. The van der Waals surface area contributed by atoms with Gasteiger partial charge >= 0.3 is 11.9 Å². The Bertz CT molecular complexity index is 953. The summed E-state index contributed by atoms with van der Waals surface area (Å²) in [7, 11) is 2.37. The normalized spacial score (nSPS) is 10.5. The summed E-state index contributed by atoms with van der Waals surface area (Å²) in [5, 5.41) is 11.7. The molecule has 1 aromatic carbocycles. The van der Waals surface area contributed by atoms with Gasteiger partial charge in [0.2, 0.25) is 11.6 Å². The highest BCUT2D eigenvalue weighted by Crippen LogP contribution is 2.18. The molecule has 2 aromatic heterocycles. The molecule has 0 bridgehead atoms. The van der Waals surface area contributed by atoms with E-state index in [1.54, 1.807) is 0 Å². The molecule has 3 aromatic rings. The number of carbonyl (C=O) groups excluding carboxylic acids is 2. The Kier molecular flexibility index (Phi) is 5.07. The molecule has 0 saturated heterocycles. The maximum absolute atomic E-state index is 11.8. The van der Waals surface area contributed by atoms with Crippen molar-refractivity contribution in [2.75, 3.05) is 26.1 Å². The third-order valence-electron chi connectivity index (χ3n) is 3.80. The smallest absolute Gasteiger partial charge is 0.361 e. The van der Waals surface area contributed by atoms with Gasteiger partial charge in [-0.2, -0.15) is 0 Å². The quantitative estimate of drug-likeness (QED) is 0.640. The van der Waals surface area contributed by atoms with Crippen LogP contribution in [0.2, 0.25) is 0 Å². The van der Waals surface area contributed by atoms with Crippen molar-refractivity contribution in [3.05, 3.63) is 47.4 Å². The van der Waals surface area contributed by atoms with E-state index < -0.39 is 11.9 Å². The molecule has 0 radical (unpaired) electrons. The van der Waals surface area contributed by atoms with Gasteiger partial charge in [-0.1, -0.05) is 18.2 Å². The third-order valence-corrected chi connectivity index (χ3v) is 3.80. The second-order valence-corrected chi connectivity index (χ2v) is 5.35. The first kappa shape index (κ1) is 17.3. The van der Waals surface area contributed by atoms with Gasteiger partial charge in [0.15, 0.2) is 5.69 Å². The van der Waals surface area contributed by atoms with Gasteiger partial charge in [0.1, 0.15) is 0 Å². The van der Waals surface area contributed by atoms with Crippen molar-refractivity contribution in [1.29, 1.82) is 0 Å². The standard InChI is InChI=1S/C17H17N5O4/c1-25-15(23)13-14(16(24)26-2)21-22-17(20-13)18-8-7-10-9-19-12-6-4-3-5-11(10)12/h3-6,9,19H,7-8H2,1-2H3,(H,18,20,22). The summed E-state index contributed by atoms with van der Waals surface area (Å²) in [6.45, 7) is 0.516. The van der Waals surface area contributed by atoms with Crippen LogP contribution in [-0.2, 0) is 15.9 Å². The maximum Gasteiger partial charge on any atom is 0.361 e. The zero-order valence-electron chi connectivity index (χ0n) is 14.3. The SMILES string of the molecule is COC(=O)c1nnc(NCCc2c[nH]c3ccccc23)nc1C(=O)OC. The number of esters is 2. The maximum atomic E-state index is 11.8. The molecule has 0 saturated carbocycles. The molecule has 2 heterocycles. The molecule has 2 N–H and O–H groups in total. The second-order valence-electron chi connectivity index (χ2n) is 5.35. The van der Waals surface area contributed by atoms with Crippen LogP contribution in [-0.4, -0.2) is 52.9 Å². The molecule has 26 heavy (non-hydrogen) atoms. The van der Waals surface area contributed by atoms with Gasteiger partial charge in [-0.15, -0.1) is 10.2 Å². The van der Waals surface area contributed by atoms with Crippen molar-refractivity contribution in [1.82, 2.24) is 20.2 Å². The van der Waals surface area contributed by atoms with Crippen LogP contribution in [0, 0.1) is 0 Å². The molecule has 9 nitrogen and oxygen atoms in total. The zero-order chi connectivity index (χ0) is 18.5. The van der Waals surface area contributed by atoms with Gasteiger partial charge in [-0.25, -0.2) is 14.6 Å². The zero-order valence-corrected chi connectivity index (χ0v) is 14.3. The number of aromatic nitrogens is 4. The summed E-state index contributed by atoms with van der Waals surface area (Å²) in [6, 6.07) is 8.00. The average Bonchev–Trinajstić information content (AvgIpc) is 3.10. The molecule has 0 amide bonds. The fourth-order valence-electron chi connectivity index (χ4n) is 2.52. The number of para-hydroxylation sites is 1. The van der Waals surface area contributed by atoms with Crippen molar-refractivity contribution in [3.63, 3.8) is 0 Å². The number of hydrogen-bond acceptors (Lipinski definition) is 8. The minimum absolute atomic E-state index is 0.123. The van der Waals surface area contributed by atoms with Crippen molar-refractivity contribution in [2.45, 2.75) is 6.42 Å². The van der Waals surface area contributed by atoms with Gasteiger partial charge < -0.3 is 19.8 Å². The van der Waals surface area contributed by atoms with Crippen LogP contribution >= 0.6 is 0 Å². The van der Waals surface area contributed by atoms with Crippen molar-refractivity contribution in [2.24, 2.45) is 0 Å². The van der Waals surface area contributed by atoms with Crippen molar-refractivity contribution < 1.29 is 19.1 Å². The molecule has 0 atom stereocenters. The molecule has 0 unspecified atom stereocenters. The Morgan fingerprint density at radius 1 is 1.08 bits per heavy atom. The number of carbonyl (C=O) groups is 2. The van der Waals surface area contributed by atoms with Gasteiger partial charge in [0, 0.05) is 23.6 Å². The van der Waals surface area contributed by atoms with E-state index in [-0.39, 0.29) is 17.3 Å². The summed E-state index contributed by atoms with van der Waals surface area (Å²) >= 11 is 0. The lowest BCUT2D eigenvalue weighted by molar-refractivity contribution is 0.0543. The minimum atomic E-state index is -0.809. The van der Waals surface area contributed by atoms with E-state index in [1.807, 2.05) is 30.5 Å². The number of fused-ring (bicyclic) bond motifs is 1. The molecule has 9 heteroatoms. The second kappa shape index (κ2) is 7.60. The highest BCUT2D eigenvalue weighted by Gasteiger charge is 2.23. The topological polar surface area (TPSA) is 119 Å². The van der Waals surface area contributed by atoms with Crippen LogP contribution in [0.15, 0.2) is 30.5 Å². The fraction of sp³-hybridized carbons (Fsp3) is 0.235. The van der Waals surface area contributed by atoms with Crippen molar-refractivity contribution in [3.8, 4) is 0 Å². The number of methoxy groups -OCH3 is 2. The van der Waals surface area contributed by atoms with Crippen molar-refractivity contribution >= 4 is 28.8 Å². The average molecular weight is 355 g/mol. The molecule has 0 spiro atoms. The fourth-order valence-corrected chi connectivity index (χ4v) is 2.52. The Balaban J connectivity index is 1.73. The number of rotatable bonds is 6. The van der Waals surface area contributed by atoms with E-state index in [1.165, 1.54) is 14.2 Å². The number of nitrogens with zero attached hydrogens (tertiary/aromatic N) is 3. The van der Waals surface area contributed by atoms with Crippen LogP contribution in [0.1, 0.15) is 26.5 Å². The molecular weight excluding hydrogens is 338 g/mol. The predicted molar refractivity (Wildman–Crippen MR) is 93.0 cm³/mol. The number of aromatic amines is 1. The van der Waals surface area contributed by atoms with Gasteiger partial charge in [-0.3, -0.25) is 0 Å². The lowest BCUT2D eigenvalue weighted by Crippen LogP contribution is -2.19. The predicted octanol–water partition coefficient (Wildman–Crippen LogP) is 1.58. The Labute approximate surface area is 148 Å². The van der Waals surface area contributed by atoms with E-state index >= 15 is 0 Å². The van der Waals surface area contributed by atoms with E-state index in [9.17, 15) is 9.59 Å². The number of ether oxygens (including phenoxy) is 2. The summed E-state index contributed by atoms with van der Waals surface area (Å²) in [5.74, 6) is -1.48. The first-order valence-electron chi connectivity index (χ1n) is 7.84. The summed E-state index contributed by atoms with van der Waals surface area (Å²) in [5.41, 5.74) is 1.67. The van der Waals surface area contributed by atoms with Gasteiger partial charge in [0.25, 0.3) is 0 Å². The van der Waals surface area contributed by atoms with Crippen LogP contribution in [0.5, 0.6) is 0 Å². The third kappa shape index (κ3) is 3.46. The highest BCUT2D eigenvalue weighted by molar-refractivity contribution is 6.00. The van der Waals surface area contributed by atoms with E-state index in [2.05, 4.69) is 35.0 Å². The lowest BCUT2D eigenvalue weighted by atomic mass is 10.1. The number of nitrogens with one attached hydrogen (secondary N) is 2. The monoisotopic (exact) mass is 355 g/mol. The molecule has 3 rings (SSSR count). The Morgan fingerprint density at radius 3 is 2.58 bits per heavy atom. The number of hydrogen-bond donors (Lipinski definition) is 2. The van der Waals surface area contributed by atoms with E-state index in [0.717, 1.165) is 16.5 Å². The molecule has 0 aliphatic carbocycles. The minimum Gasteiger partial charge on any atom is -0.464 e. The Morgan fingerprint density at radius 2 is 1.81 bits per heavy atom. The number of H-pyrrole nitrogens is 1. The molecular formula is C17H17N5O4. The van der Waals surface area contributed by atoms with Gasteiger partial charge in [-0.05, 0) is 18.1 Å². The molecule has 0 aliphatic rings. The van der Waals surface area contributed by atoms with Crippen LogP contribution in [0.4, 0.5) is 5.95 Å². The molecule has 134 valence electrons. The number of benzene rings is 1.